The van der Waals surface area contributed by atoms with E-state index in [0.29, 0.717) is 17.1 Å². The van der Waals surface area contributed by atoms with Crippen LogP contribution in [0.1, 0.15) is 17.5 Å². The van der Waals surface area contributed by atoms with Crippen LogP contribution in [0, 0.1) is 0 Å². The highest BCUT2D eigenvalue weighted by Crippen LogP contribution is 2.36. The van der Waals surface area contributed by atoms with Crippen LogP contribution in [-0.4, -0.2) is 35.0 Å². The number of methoxy groups -OCH3 is 1. The Morgan fingerprint density at radius 3 is 2.58 bits per heavy atom. The molecular formula is C16H18O7S. The van der Waals surface area contributed by atoms with Crippen molar-refractivity contribution in [2.24, 2.45) is 0 Å². The second-order valence-corrected chi connectivity index (χ2v) is 7.22. The van der Waals surface area contributed by atoms with Crippen molar-refractivity contribution in [3.63, 3.8) is 0 Å². The summed E-state index contributed by atoms with van der Waals surface area (Å²) in [5, 5.41) is 0.821. The van der Waals surface area contributed by atoms with E-state index < -0.39 is 10.1 Å². The van der Waals surface area contributed by atoms with E-state index in [9.17, 15) is 13.2 Å². The summed E-state index contributed by atoms with van der Waals surface area (Å²) in [7, 11) is -2.02. The predicted octanol–water partition coefficient (Wildman–Crippen LogP) is 1.65. The summed E-state index contributed by atoms with van der Waals surface area (Å²) in [6, 6.07) is 3.38. The minimum Gasteiger partial charge on any atom is -0.493 e. The van der Waals surface area contributed by atoms with Crippen molar-refractivity contribution < 1.29 is 26.5 Å². The highest BCUT2D eigenvalue weighted by molar-refractivity contribution is 7.85. The molecule has 0 aliphatic heterocycles. The van der Waals surface area contributed by atoms with Gasteiger partial charge in [-0.2, -0.15) is 8.42 Å². The fourth-order valence-corrected chi connectivity index (χ4v) is 3.27. The summed E-state index contributed by atoms with van der Waals surface area (Å²) in [5.74, 6) is 0.855. The maximum atomic E-state index is 12.0. The zero-order chi connectivity index (χ0) is 17.3. The SMILES string of the molecule is COc1cc2oc(=O)c3c(c2cc1OCCOS(C)(=O)=O)CCC3. The Labute approximate surface area is 139 Å². The normalized spacial score (nSPS) is 13.9. The molecule has 8 heteroatoms. The van der Waals surface area contributed by atoms with Gasteiger partial charge in [0.2, 0.25) is 0 Å². The van der Waals surface area contributed by atoms with E-state index in [-0.39, 0.29) is 18.8 Å². The molecule has 0 bridgehead atoms. The van der Waals surface area contributed by atoms with Crippen LogP contribution in [0.25, 0.3) is 11.0 Å². The van der Waals surface area contributed by atoms with Crippen molar-refractivity contribution in [3.8, 4) is 11.5 Å². The Hall–Kier alpha value is -2.06. The summed E-state index contributed by atoms with van der Waals surface area (Å²) in [6.45, 7) is -0.0457. The molecule has 0 saturated carbocycles. The molecule has 24 heavy (non-hydrogen) atoms. The molecule has 1 aromatic heterocycles. The van der Waals surface area contributed by atoms with Gasteiger partial charge >= 0.3 is 5.63 Å². The Bertz CT molecular complexity index is 928. The van der Waals surface area contributed by atoms with Crippen LogP contribution in [0.3, 0.4) is 0 Å². The van der Waals surface area contributed by atoms with Crippen LogP contribution < -0.4 is 15.1 Å². The number of fused-ring (bicyclic) bond motifs is 3. The molecule has 0 N–H and O–H groups in total. The van der Waals surface area contributed by atoms with Gasteiger partial charge in [-0.3, -0.25) is 4.18 Å². The van der Waals surface area contributed by atoms with E-state index in [1.165, 1.54) is 7.11 Å². The Morgan fingerprint density at radius 2 is 1.88 bits per heavy atom. The number of hydrogen-bond acceptors (Lipinski definition) is 7. The smallest absolute Gasteiger partial charge is 0.339 e. The van der Waals surface area contributed by atoms with Crippen molar-refractivity contribution in [1.29, 1.82) is 0 Å². The van der Waals surface area contributed by atoms with Gasteiger partial charge in [0.05, 0.1) is 13.4 Å². The molecule has 7 nitrogen and oxygen atoms in total. The third-order valence-electron chi connectivity index (χ3n) is 3.90. The Balaban J connectivity index is 1.93. The first-order valence-corrected chi connectivity index (χ1v) is 9.34. The molecule has 0 spiro atoms. The maximum absolute atomic E-state index is 12.0. The minimum atomic E-state index is -3.50. The number of hydrogen-bond donors (Lipinski definition) is 0. The van der Waals surface area contributed by atoms with Gasteiger partial charge in [0.25, 0.3) is 10.1 Å². The van der Waals surface area contributed by atoms with Crippen LogP contribution in [0.2, 0.25) is 0 Å². The third kappa shape index (κ3) is 3.39. The average Bonchev–Trinajstić information content (AvgIpc) is 3.01. The molecule has 3 rings (SSSR count). The molecule has 0 radical (unpaired) electrons. The standard InChI is InChI=1S/C16H18O7S/c1-20-14-9-13-12(10-4-3-5-11(10)16(17)23-13)8-15(14)21-6-7-22-24(2,18)19/h8-9H,3-7H2,1-2H3. The van der Waals surface area contributed by atoms with Crippen LogP contribution in [0.4, 0.5) is 0 Å². The van der Waals surface area contributed by atoms with E-state index in [1.807, 2.05) is 0 Å². The highest BCUT2D eigenvalue weighted by atomic mass is 32.2. The molecule has 1 aliphatic carbocycles. The van der Waals surface area contributed by atoms with Gasteiger partial charge in [-0.15, -0.1) is 0 Å². The predicted molar refractivity (Wildman–Crippen MR) is 87.4 cm³/mol. The highest BCUT2D eigenvalue weighted by Gasteiger charge is 2.21. The second-order valence-electron chi connectivity index (χ2n) is 5.57. The Morgan fingerprint density at radius 1 is 1.12 bits per heavy atom. The van der Waals surface area contributed by atoms with Gasteiger partial charge < -0.3 is 13.9 Å². The van der Waals surface area contributed by atoms with Gasteiger partial charge in [-0.25, -0.2) is 4.79 Å². The average molecular weight is 354 g/mol. The van der Waals surface area contributed by atoms with Gasteiger partial charge in [0.1, 0.15) is 18.8 Å². The number of rotatable bonds is 6. The van der Waals surface area contributed by atoms with E-state index in [0.717, 1.165) is 42.0 Å². The van der Waals surface area contributed by atoms with E-state index in [2.05, 4.69) is 4.18 Å². The van der Waals surface area contributed by atoms with Crippen LogP contribution in [0.15, 0.2) is 21.3 Å². The van der Waals surface area contributed by atoms with Crippen molar-refractivity contribution in [2.45, 2.75) is 19.3 Å². The van der Waals surface area contributed by atoms with Crippen molar-refractivity contribution in [2.75, 3.05) is 26.6 Å². The molecule has 0 saturated heterocycles. The first-order chi connectivity index (χ1) is 11.4. The summed E-state index contributed by atoms with van der Waals surface area (Å²) < 4.78 is 42.8. The van der Waals surface area contributed by atoms with Crippen LogP contribution in [0.5, 0.6) is 11.5 Å². The van der Waals surface area contributed by atoms with Gasteiger partial charge in [0, 0.05) is 17.0 Å². The van der Waals surface area contributed by atoms with Gasteiger partial charge in [-0.05, 0) is 30.9 Å². The largest absolute Gasteiger partial charge is 0.493 e. The van der Waals surface area contributed by atoms with Crippen molar-refractivity contribution in [1.82, 2.24) is 0 Å². The Kier molecular flexibility index (Phi) is 4.51. The number of benzene rings is 1. The molecule has 0 fully saturated rings. The summed E-state index contributed by atoms with van der Waals surface area (Å²) >= 11 is 0. The first-order valence-electron chi connectivity index (χ1n) is 7.53. The first kappa shape index (κ1) is 16.8. The fourth-order valence-electron chi connectivity index (χ4n) is 2.90. The third-order valence-corrected chi connectivity index (χ3v) is 4.49. The molecule has 0 amide bonds. The molecule has 1 aliphatic rings. The zero-order valence-corrected chi connectivity index (χ0v) is 14.3. The molecule has 1 heterocycles. The zero-order valence-electron chi connectivity index (χ0n) is 13.5. The summed E-state index contributed by atoms with van der Waals surface area (Å²) in [6.07, 6.45) is 3.44. The maximum Gasteiger partial charge on any atom is 0.339 e. The lowest BCUT2D eigenvalue weighted by atomic mass is 10.1. The topological polar surface area (TPSA) is 92.0 Å². The monoisotopic (exact) mass is 354 g/mol. The lowest BCUT2D eigenvalue weighted by Crippen LogP contribution is -2.12. The van der Waals surface area contributed by atoms with Gasteiger partial charge in [0.15, 0.2) is 11.5 Å². The van der Waals surface area contributed by atoms with Crippen LogP contribution >= 0.6 is 0 Å². The van der Waals surface area contributed by atoms with E-state index in [1.54, 1.807) is 12.1 Å². The molecular weight excluding hydrogens is 336 g/mol. The quantitative estimate of drug-likeness (QED) is 0.442. The number of aryl methyl sites for hydroxylation is 1. The molecule has 0 unspecified atom stereocenters. The molecule has 1 aromatic carbocycles. The van der Waals surface area contributed by atoms with Crippen LogP contribution in [-0.2, 0) is 27.1 Å². The van der Waals surface area contributed by atoms with Crippen molar-refractivity contribution in [3.05, 3.63) is 33.7 Å². The molecule has 0 atom stereocenters. The lowest BCUT2D eigenvalue weighted by molar-refractivity contribution is 0.216. The minimum absolute atomic E-state index is 0.0495. The second kappa shape index (κ2) is 6.45. The number of ether oxygens (including phenoxy) is 2. The summed E-state index contributed by atoms with van der Waals surface area (Å²) in [5.41, 5.74) is 1.87. The van der Waals surface area contributed by atoms with E-state index in [4.69, 9.17) is 13.9 Å². The van der Waals surface area contributed by atoms with Gasteiger partial charge in [-0.1, -0.05) is 0 Å². The summed E-state index contributed by atoms with van der Waals surface area (Å²) in [4.78, 5) is 12.0. The molecule has 2 aromatic rings. The molecule has 130 valence electrons. The fraction of sp³-hybridized carbons (Fsp3) is 0.438. The van der Waals surface area contributed by atoms with Crippen molar-refractivity contribution >= 4 is 21.1 Å². The van der Waals surface area contributed by atoms with E-state index >= 15 is 0 Å². The lowest BCUT2D eigenvalue weighted by Gasteiger charge is -2.13.